The Labute approximate surface area is 221 Å². The minimum absolute atomic E-state index is 0.107. The molecule has 0 saturated heterocycles. The van der Waals surface area contributed by atoms with E-state index in [0.29, 0.717) is 34.5 Å². The van der Waals surface area contributed by atoms with Crippen LogP contribution in [0.2, 0.25) is 0 Å². The average molecular weight is 534 g/mol. The number of nitrogens with one attached hydrogen (secondary N) is 1. The number of amides is 1. The minimum Gasteiger partial charge on any atom is -0.505 e. The van der Waals surface area contributed by atoms with E-state index in [1.807, 2.05) is 0 Å². The molecule has 1 amide bonds. The lowest BCUT2D eigenvalue weighted by molar-refractivity contribution is -0.137. The highest BCUT2D eigenvalue weighted by molar-refractivity contribution is 6.07. The molecule has 3 N–H and O–H groups in total. The van der Waals surface area contributed by atoms with Gasteiger partial charge in [0.05, 0.1) is 28.2 Å². The third-order valence-corrected chi connectivity index (χ3v) is 5.95. The fraction of sp³-hybridized carbons (Fsp3) is 0.0690. The molecule has 7 nitrogen and oxygen atoms in total. The highest BCUT2D eigenvalue weighted by atomic mass is 19.4. The molecule has 0 spiro atoms. The lowest BCUT2D eigenvalue weighted by atomic mass is 10.0. The van der Waals surface area contributed by atoms with E-state index in [1.165, 1.54) is 29.2 Å². The number of aromatic carboxylic acids is 1. The van der Waals surface area contributed by atoms with Gasteiger partial charge >= 0.3 is 12.1 Å². The molecule has 0 fully saturated rings. The van der Waals surface area contributed by atoms with Crippen LogP contribution in [-0.4, -0.2) is 28.3 Å². The van der Waals surface area contributed by atoms with Gasteiger partial charge in [0.2, 0.25) is 6.41 Å². The molecule has 10 heteroatoms. The fourth-order valence-electron chi connectivity index (χ4n) is 3.92. The standard InChI is InChI=1S/C29H22F3N3O4/c1-18(33-34-25-7-4-6-24(27(25)37)19-9-11-20(12-10-19)28(38)39)23-5-2-3-8-26(23)35(17-36)22-15-13-21(14-16-22)29(30,31)32/h2-17,34,37H,1H3,(H,38,39)/b33-18+. The van der Waals surface area contributed by atoms with Crippen LogP contribution in [0, 0.1) is 0 Å². The zero-order valence-corrected chi connectivity index (χ0v) is 20.5. The Morgan fingerprint density at radius 3 is 2.21 bits per heavy atom. The molecule has 4 rings (SSSR count). The number of carboxylic acid groups (broad SMARTS) is 1. The molecule has 0 aliphatic carbocycles. The number of nitrogens with zero attached hydrogens (tertiary/aromatic N) is 2. The van der Waals surface area contributed by atoms with E-state index in [0.717, 1.165) is 12.1 Å². The number of carbonyl (C=O) groups excluding carboxylic acids is 1. The summed E-state index contributed by atoms with van der Waals surface area (Å²) in [6, 6.07) is 22.0. The van der Waals surface area contributed by atoms with Gasteiger partial charge in [-0.25, -0.2) is 4.79 Å². The zero-order chi connectivity index (χ0) is 28.2. The summed E-state index contributed by atoms with van der Waals surface area (Å²) in [5, 5.41) is 24.3. The topological polar surface area (TPSA) is 102 Å². The van der Waals surface area contributed by atoms with Crippen LogP contribution in [0.3, 0.4) is 0 Å². The summed E-state index contributed by atoms with van der Waals surface area (Å²) in [6.07, 6.45) is -3.99. The van der Waals surface area contributed by atoms with Crippen LogP contribution in [0.4, 0.5) is 30.2 Å². The summed E-state index contributed by atoms with van der Waals surface area (Å²) in [7, 11) is 0. The summed E-state index contributed by atoms with van der Waals surface area (Å²) in [4.78, 5) is 24.3. The number of anilines is 3. The van der Waals surface area contributed by atoms with E-state index in [9.17, 15) is 27.9 Å². The Bertz CT molecular complexity index is 1530. The monoisotopic (exact) mass is 533 g/mol. The first-order chi connectivity index (χ1) is 18.6. The summed E-state index contributed by atoms with van der Waals surface area (Å²) >= 11 is 0. The van der Waals surface area contributed by atoms with Crippen molar-refractivity contribution in [3.05, 3.63) is 108 Å². The number of hydrogen-bond acceptors (Lipinski definition) is 5. The Morgan fingerprint density at radius 2 is 1.59 bits per heavy atom. The second-order valence-electron chi connectivity index (χ2n) is 8.43. The molecule has 4 aromatic rings. The lowest BCUT2D eigenvalue weighted by Gasteiger charge is -2.21. The van der Waals surface area contributed by atoms with Crippen molar-refractivity contribution in [3.8, 4) is 16.9 Å². The van der Waals surface area contributed by atoms with Gasteiger partial charge in [0.25, 0.3) is 0 Å². The normalized spacial score (nSPS) is 11.6. The summed E-state index contributed by atoms with van der Waals surface area (Å²) in [5.41, 5.74) is 5.03. The molecule has 0 saturated carbocycles. The molecular formula is C29H22F3N3O4. The molecule has 0 bridgehead atoms. The van der Waals surface area contributed by atoms with E-state index < -0.39 is 17.7 Å². The second-order valence-corrected chi connectivity index (χ2v) is 8.43. The van der Waals surface area contributed by atoms with Crippen molar-refractivity contribution in [3.63, 3.8) is 0 Å². The van der Waals surface area contributed by atoms with Gasteiger partial charge in [-0.2, -0.15) is 18.3 Å². The Morgan fingerprint density at radius 1 is 0.923 bits per heavy atom. The third kappa shape index (κ3) is 5.90. The lowest BCUT2D eigenvalue weighted by Crippen LogP contribution is -2.18. The molecule has 198 valence electrons. The van der Waals surface area contributed by atoms with Gasteiger partial charge in [-0.15, -0.1) is 0 Å². The number of phenolic OH excluding ortho intramolecular Hbond substituents is 1. The number of alkyl halides is 3. The summed E-state index contributed by atoms with van der Waals surface area (Å²) in [6.45, 7) is 1.67. The Kier molecular flexibility index (Phi) is 7.66. The first-order valence-electron chi connectivity index (χ1n) is 11.6. The molecule has 0 aliphatic rings. The van der Waals surface area contributed by atoms with Gasteiger partial charge in [-0.3, -0.25) is 15.1 Å². The van der Waals surface area contributed by atoms with Gasteiger partial charge in [0, 0.05) is 16.8 Å². The van der Waals surface area contributed by atoms with Crippen LogP contribution in [0.25, 0.3) is 11.1 Å². The predicted octanol–water partition coefficient (Wildman–Crippen LogP) is 6.91. The van der Waals surface area contributed by atoms with Crippen LogP contribution < -0.4 is 10.3 Å². The van der Waals surface area contributed by atoms with Crippen LogP contribution in [0.15, 0.2) is 96.1 Å². The van der Waals surface area contributed by atoms with Crippen molar-refractivity contribution in [1.82, 2.24) is 0 Å². The minimum atomic E-state index is -4.50. The quantitative estimate of drug-likeness (QED) is 0.0989. The van der Waals surface area contributed by atoms with Crippen molar-refractivity contribution in [1.29, 1.82) is 0 Å². The number of halogens is 3. The zero-order valence-electron chi connectivity index (χ0n) is 20.5. The van der Waals surface area contributed by atoms with Crippen LogP contribution >= 0.6 is 0 Å². The number of carbonyl (C=O) groups is 2. The number of aromatic hydroxyl groups is 1. The predicted molar refractivity (Wildman–Crippen MR) is 142 cm³/mol. The van der Waals surface area contributed by atoms with Crippen molar-refractivity contribution >= 4 is 35.2 Å². The van der Waals surface area contributed by atoms with Gasteiger partial charge in [-0.05, 0) is 61.0 Å². The second kappa shape index (κ2) is 11.1. The van der Waals surface area contributed by atoms with Crippen molar-refractivity contribution < 1.29 is 33.0 Å². The van der Waals surface area contributed by atoms with Gasteiger partial charge in [0.1, 0.15) is 5.75 Å². The number of hydrogen-bond donors (Lipinski definition) is 3. The SMILES string of the molecule is C/C(=N\Nc1cccc(-c2ccc(C(=O)O)cc2)c1O)c1ccccc1N(C=O)c1ccc(C(F)(F)F)cc1. The number of carboxylic acids is 1. The van der Waals surface area contributed by atoms with E-state index >= 15 is 0 Å². The van der Waals surface area contributed by atoms with Crippen molar-refractivity contribution in [2.24, 2.45) is 5.10 Å². The Balaban J connectivity index is 1.62. The maximum absolute atomic E-state index is 13.0. The maximum atomic E-state index is 13.0. The van der Waals surface area contributed by atoms with Crippen molar-refractivity contribution in [2.75, 3.05) is 10.3 Å². The number of hydrazone groups is 1. The first-order valence-corrected chi connectivity index (χ1v) is 11.6. The number of para-hydroxylation sites is 2. The highest BCUT2D eigenvalue weighted by Gasteiger charge is 2.30. The smallest absolute Gasteiger partial charge is 0.416 e. The van der Waals surface area contributed by atoms with Gasteiger partial charge < -0.3 is 10.2 Å². The number of phenols is 1. The molecule has 4 aromatic carbocycles. The van der Waals surface area contributed by atoms with Gasteiger partial charge in [-0.1, -0.05) is 42.5 Å². The largest absolute Gasteiger partial charge is 0.505 e. The third-order valence-electron chi connectivity index (χ3n) is 5.95. The summed E-state index contributed by atoms with van der Waals surface area (Å²) < 4.78 is 38.9. The number of rotatable bonds is 8. The van der Waals surface area contributed by atoms with Crippen LogP contribution in [0.5, 0.6) is 5.75 Å². The molecule has 0 radical (unpaired) electrons. The van der Waals surface area contributed by atoms with E-state index in [4.69, 9.17) is 5.11 Å². The van der Waals surface area contributed by atoms with E-state index in [-0.39, 0.29) is 22.7 Å². The molecular weight excluding hydrogens is 511 g/mol. The molecule has 0 heterocycles. The average Bonchev–Trinajstić information content (AvgIpc) is 2.93. The molecule has 0 aromatic heterocycles. The van der Waals surface area contributed by atoms with E-state index in [1.54, 1.807) is 61.5 Å². The molecule has 39 heavy (non-hydrogen) atoms. The van der Waals surface area contributed by atoms with Crippen LogP contribution in [-0.2, 0) is 11.0 Å². The highest BCUT2D eigenvalue weighted by Crippen LogP contribution is 2.36. The first kappa shape index (κ1) is 26.9. The summed E-state index contributed by atoms with van der Waals surface area (Å²) in [5.74, 6) is -1.16. The molecule has 0 unspecified atom stereocenters. The van der Waals surface area contributed by atoms with Crippen molar-refractivity contribution in [2.45, 2.75) is 13.1 Å². The van der Waals surface area contributed by atoms with E-state index in [2.05, 4.69) is 10.5 Å². The van der Waals surface area contributed by atoms with Crippen LogP contribution in [0.1, 0.15) is 28.4 Å². The fourth-order valence-corrected chi connectivity index (χ4v) is 3.92. The number of benzene rings is 4. The maximum Gasteiger partial charge on any atom is 0.416 e. The Hall–Kier alpha value is -5.12. The van der Waals surface area contributed by atoms with Gasteiger partial charge in [0.15, 0.2) is 0 Å². The molecule has 0 atom stereocenters. The molecule has 0 aliphatic heterocycles.